The highest BCUT2D eigenvalue weighted by atomic mass is 16.6. The van der Waals surface area contributed by atoms with Gasteiger partial charge in [0.1, 0.15) is 5.69 Å². The van der Waals surface area contributed by atoms with Crippen LogP contribution in [-0.2, 0) is 18.2 Å². The van der Waals surface area contributed by atoms with Crippen LogP contribution >= 0.6 is 0 Å². The van der Waals surface area contributed by atoms with Gasteiger partial charge in [-0.2, -0.15) is 5.10 Å². The van der Waals surface area contributed by atoms with Gasteiger partial charge in [-0.05, 0) is 20.3 Å². The Kier molecular flexibility index (Phi) is 4.88. The molecule has 0 atom stereocenters. The molecule has 0 aromatic carbocycles. The number of rotatable bonds is 7. The molecule has 0 saturated carbocycles. The number of aromatic nitrogens is 2. The number of nitro groups is 1. The summed E-state index contributed by atoms with van der Waals surface area (Å²) in [6.45, 7) is 6.26. The van der Waals surface area contributed by atoms with Gasteiger partial charge in [0.2, 0.25) is 5.82 Å². The number of nitrogens with one attached hydrogen (secondary N) is 1. The van der Waals surface area contributed by atoms with Gasteiger partial charge < -0.3 is 10.1 Å². The van der Waals surface area contributed by atoms with Gasteiger partial charge in [-0.1, -0.05) is 13.3 Å². The molecule has 1 aromatic rings. The fourth-order valence-electron chi connectivity index (χ4n) is 1.73. The fraction of sp³-hybridized carbons (Fsp3) is 0.750. The van der Waals surface area contributed by atoms with E-state index in [0.717, 1.165) is 6.42 Å². The quantitative estimate of drug-likeness (QED) is 0.606. The number of hydrogen-bond acceptors (Lipinski definition) is 5. The summed E-state index contributed by atoms with van der Waals surface area (Å²) in [4.78, 5) is 10.8. The highest BCUT2D eigenvalue weighted by Gasteiger charge is 2.27. The molecule has 1 rings (SSSR count). The number of aryl methyl sites for hydroxylation is 2. The Morgan fingerprint density at radius 2 is 2.16 bits per heavy atom. The smallest absolute Gasteiger partial charge is 0.333 e. The van der Waals surface area contributed by atoms with Crippen molar-refractivity contribution in [2.75, 3.05) is 19.0 Å². The van der Waals surface area contributed by atoms with Crippen molar-refractivity contribution in [3.63, 3.8) is 0 Å². The normalized spacial score (nSPS) is 11.6. The van der Waals surface area contributed by atoms with Gasteiger partial charge in [-0.15, -0.1) is 0 Å². The van der Waals surface area contributed by atoms with Crippen LogP contribution in [-0.4, -0.2) is 34.0 Å². The molecule has 1 heterocycles. The largest absolute Gasteiger partial charge is 0.377 e. The second-order valence-corrected chi connectivity index (χ2v) is 5.09. The van der Waals surface area contributed by atoms with Crippen LogP contribution in [0.25, 0.3) is 0 Å². The SMILES string of the molecule is CCCc1nn(C)c(NCC(C)(C)OC)c1[N+](=O)[O-]. The summed E-state index contributed by atoms with van der Waals surface area (Å²) in [7, 11) is 3.32. The van der Waals surface area contributed by atoms with E-state index in [1.54, 1.807) is 14.2 Å². The minimum atomic E-state index is -0.400. The van der Waals surface area contributed by atoms with Crippen molar-refractivity contribution in [1.29, 1.82) is 0 Å². The van der Waals surface area contributed by atoms with E-state index in [2.05, 4.69) is 10.4 Å². The first kappa shape index (κ1) is 15.4. The van der Waals surface area contributed by atoms with Crippen LogP contribution in [0, 0.1) is 10.1 Å². The Morgan fingerprint density at radius 1 is 1.53 bits per heavy atom. The van der Waals surface area contributed by atoms with Gasteiger partial charge in [0.05, 0.1) is 10.5 Å². The summed E-state index contributed by atoms with van der Waals surface area (Å²) in [6.07, 6.45) is 1.42. The van der Waals surface area contributed by atoms with E-state index in [9.17, 15) is 10.1 Å². The molecule has 0 radical (unpaired) electrons. The van der Waals surface area contributed by atoms with Gasteiger partial charge >= 0.3 is 5.69 Å². The first-order valence-corrected chi connectivity index (χ1v) is 6.31. The lowest BCUT2D eigenvalue weighted by molar-refractivity contribution is -0.384. The predicted molar refractivity (Wildman–Crippen MR) is 73.4 cm³/mol. The molecule has 0 unspecified atom stereocenters. The number of nitrogens with zero attached hydrogens (tertiary/aromatic N) is 3. The van der Waals surface area contributed by atoms with E-state index in [1.165, 1.54) is 4.68 Å². The van der Waals surface area contributed by atoms with Gasteiger partial charge in [-0.3, -0.25) is 10.1 Å². The molecule has 1 N–H and O–H groups in total. The molecule has 7 nitrogen and oxygen atoms in total. The first-order valence-electron chi connectivity index (χ1n) is 6.31. The molecule has 0 aliphatic heterocycles. The van der Waals surface area contributed by atoms with Crippen molar-refractivity contribution in [3.8, 4) is 0 Å². The van der Waals surface area contributed by atoms with Crippen molar-refractivity contribution in [2.45, 2.75) is 39.2 Å². The molecule has 108 valence electrons. The Morgan fingerprint density at radius 3 is 2.63 bits per heavy atom. The topological polar surface area (TPSA) is 82.2 Å². The van der Waals surface area contributed by atoms with E-state index in [-0.39, 0.29) is 10.6 Å². The zero-order valence-corrected chi connectivity index (χ0v) is 12.2. The number of ether oxygens (including phenoxy) is 1. The maximum atomic E-state index is 11.2. The molecular weight excluding hydrogens is 248 g/mol. The molecule has 19 heavy (non-hydrogen) atoms. The van der Waals surface area contributed by atoms with Crippen molar-refractivity contribution in [2.24, 2.45) is 7.05 Å². The average Bonchev–Trinajstić information content (AvgIpc) is 2.63. The van der Waals surface area contributed by atoms with Gasteiger partial charge in [0.25, 0.3) is 0 Å². The Bertz CT molecular complexity index is 454. The molecule has 0 aliphatic rings. The molecule has 0 bridgehead atoms. The lowest BCUT2D eigenvalue weighted by Crippen LogP contribution is -2.32. The van der Waals surface area contributed by atoms with Gasteiger partial charge in [-0.25, -0.2) is 4.68 Å². The maximum absolute atomic E-state index is 11.2. The summed E-state index contributed by atoms with van der Waals surface area (Å²) in [5, 5.41) is 18.5. The Balaban J connectivity index is 3.02. The summed E-state index contributed by atoms with van der Waals surface area (Å²) < 4.78 is 6.81. The number of hydrogen-bond donors (Lipinski definition) is 1. The van der Waals surface area contributed by atoms with Crippen LogP contribution in [0.3, 0.4) is 0 Å². The Labute approximate surface area is 113 Å². The van der Waals surface area contributed by atoms with Crippen molar-refractivity contribution >= 4 is 11.5 Å². The van der Waals surface area contributed by atoms with Crippen LogP contribution in [0.1, 0.15) is 32.9 Å². The van der Waals surface area contributed by atoms with Crippen molar-refractivity contribution < 1.29 is 9.66 Å². The molecule has 0 amide bonds. The first-order chi connectivity index (χ1) is 8.82. The highest BCUT2D eigenvalue weighted by molar-refractivity contribution is 5.60. The molecular formula is C12H22N4O3. The van der Waals surface area contributed by atoms with E-state index >= 15 is 0 Å². The second-order valence-electron chi connectivity index (χ2n) is 5.09. The minimum Gasteiger partial charge on any atom is -0.377 e. The number of anilines is 1. The van der Waals surface area contributed by atoms with E-state index in [1.807, 2.05) is 20.8 Å². The van der Waals surface area contributed by atoms with E-state index < -0.39 is 5.60 Å². The van der Waals surface area contributed by atoms with Crippen molar-refractivity contribution in [1.82, 2.24) is 9.78 Å². The maximum Gasteiger partial charge on any atom is 0.333 e. The van der Waals surface area contributed by atoms with E-state index in [4.69, 9.17) is 4.74 Å². The monoisotopic (exact) mass is 270 g/mol. The van der Waals surface area contributed by atoms with E-state index in [0.29, 0.717) is 24.5 Å². The lowest BCUT2D eigenvalue weighted by Gasteiger charge is -2.23. The van der Waals surface area contributed by atoms with Crippen LogP contribution in [0.2, 0.25) is 0 Å². The van der Waals surface area contributed by atoms with Gasteiger partial charge in [0, 0.05) is 20.7 Å². The molecule has 7 heteroatoms. The Hall–Kier alpha value is -1.63. The highest BCUT2D eigenvalue weighted by Crippen LogP contribution is 2.29. The molecule has 0 fully saturated rings. The summed E-state index contributed by atoms with van der Waals surface area (Å²) in [5.74, 6) is 0.429. The average molecular weight is 270 g/mol. The molecule has 0 saturated heterocycles. The van der Waals surface area contributed by atoms with Gasteiger partial charge in [0.15, 0.2) is 0 Å². The summed E-state index contributed by atoms with van der Waals surface area (Å²) >= 11 is 0. The lowest BCUT2D eigenvalue weighted by atomic mass is 10.1. The molecule has 1 aromatic heterocycles. The third-order valence-corrected chi connectivity index (χ3v) is 3.00. The number of methoxy groups -OCH3 is 1. The van der Waals surface area contributed by atoms with Crippen molar-refractivity contribution in [3.05, 3.63) is 15.8 Å². The molecule has 0 spiro atoms. The molecule has 0 aliphatic carbocycles. The van der Waals surface area contributed by atoms with Crippen LogP contribution in [0.4, 0.5) is 11.5 Å². The zero-order valence-electron chi connectivity index (χ0n) is 12.2. The van der Waals surface area contributed by atoms with Crippen LogP contribution in [0.15, 0.2) is 0 Å². The third kappa shape index (κ3) is 3.66. The van der Waals surface area contributed by atoms with Crippen LogP contribution in [0.5, 0.6) is 0 Å². The zero-order chi connectivity index (χ0) is 14.6. The fourth-order valence-corrected chi connectivity index (χ4v) is 1.73. The third-order valence-electron chi connectivity index (χ3n) is 3.00. The standard InChI is InChI=1S/C12H22N4O3/c1-6-7-9-10(16(17)18)11(15(4)14-9)13-8-12(2,3)19-5/h13H,6-8H2,1-5H3. The minimum absolute atomic E-state index is 0.0660. The van der Waals surface area contributed by atoms with Crippen LogP contribution < -0.4 is 5.32 Å². The summed E-state index contributed by atoms with van der Waals surface area (Å²) in [5.41, 5.74) is 0.187. The second kappa shape index (κ2) is 6.01. The summed E-state index contributed by atoms with van der Waals surface area (Å²) in [6, 6.07) is 0. The predicted octanol–water partition coefficient (Wildman–Crippen LogP) is 2.12.